The van der Waals surface area contributed by atoms with Gasteiger partial charge in [-0.15, -0.1) is 0 Å². The second kappa shape index (κ2) is 8.57. The molecule has 3 rings (SSSR count). The van der Waals surface area contributed by atoms with Crippen LogP contribution in [0.5, 0.6) is 0 Å². The highest BCUT2D eigenvalue weighted by molar-refractivity contribution is 5.79. The molecule has 1 N–H and O–H groups in total. The first kappa shape index (κ1) is 20.1. The van der Waals surface area contributed by atoms with E-state index in [0.29, 0.717) is 30.8 Å². The van der Waals surface area contributed by atoms with Crippen LogP contribution in [0, 0.1) is 17.8 Å². The zero-order valence-corrected chi connectivity index (χ0v) is 17.0. The molecular weight excluding hydrogens is 328 g/mol. The lowest BCUT2D eigenvalue weighted by Gasteiger charge is -2.45. The van der Waals surface area contributed by atoms with Crippen LogP contribution in [-0.4, -0.2) is 71.8 Å². The summed E-state index contributed by atoms with van der Waals surface area (Å²) in [6.07, 6.45) is 5.93. The highest BCUT2D eigenvalue weighted by Gasteiger charge is 2.41. The van der Waals surface area contributed by atoms with Crippen molar-refractivity contribution in [3.05, 3.63) is 0 Å². The molecule has 3 fully saturated rings. The summed E-state index contributed by atoms with van der Waals surface area (Å²) in [5, 5.41) is 10.7. The largest absolute Gasteiger partial charge is 0.390 e. The van der Waals surface area contributed by atoms with Gasteiger partial charge in [0.05, 0.1) is 5.60 Å². The molecule has 2 atom stereocenters. The fourth-order valence-electron chi connectivity index (χ4n) is 5.04. The summed E-state index contributed by atoms with van der Waals surface area (Å²) in [6, 6.07) is 0.653. The zero-order valence-electron chi connectivity index (χ0n) is 17.0. The van der Waals surface area contributed by atoms with Crippen LogP contribution >= 0.6 is 0 Å². The van der Waals surface area contributed by atoms with Crippen molar-refractivity contribution in [2.75, 3.05) is 39.4 Å². The van der Waals surface area contributed by atoms with E-state index in [9.17, 15) is 9.90 Å². The number of hydrogen-bond donors (Lipinski definition) is 1. The molecule has 3 heterocycles. The van der Waals surface area contributed by atoms with Crippen molar-refractivity contribution < 1.29 is 14.6 Å². The molecular formula is C21H38N2O3. The van der Waals surface area contributed by atoms with Crippen LogP contribution in [0.2, 0.25) is 0 Å². The van der Waals surface area contributed by atoms with E-state index in [1.54, 1.807) is 0 Å². The SMILES string of the molecule is CC(C)C[C@@H]1CN(C(=O)C2CCN(C3CCOCC3)CC2)CC[C@]1(C)O. The van der Waals surface area contributed by atoms with Gasteiger partial charge in [0, 0.05) is 44.2 Å². The lowest BCUT2D eigenvalue weighted by Crippen LogP contribution is -2.54. The van der Waals surface area contributed by atoms with Gasteiger partial charge in [0.2, 0.25) is 5.91 Å². The first-order valence-corrected chi connectivity index (χ1v) is 10.7. The first-order chi connectivity index (χ1) is 12.4. The van der Waals surface area contributed by atoms with Gasteiger partial charge in [-0.3, -0.25) is 4.79 Å². The van der Waals surface area contributed by atoms with E-state index >= 15 is 0 Å². The summed E-state index contributed by atoms with van der Waals surface area (Å²) >= 11 is 0. The third-order valence-corrected chi connectivity index (χ3v) is 6.86. The minimum absolute atomic E-state index is 0.175. The number of nitrogens with zero attached hydrogens (tertiary/aromatic N) is 2. The standard InChI is InChI=1S/C21H38N2O3/c1-16(2)14-18-15-23(11-8-21(18,3)25)20(24)17-4-9-22(10-5-17)19-6-12-26-13-7-19/h16-19,25H,4-15H2,1-3H3/t18-,21+/m1/s1. The third-order valence-electron chi connectivity index (χ3n) is 6.86. The summed E-state index contributed by atoms with van der Waals surface area (Å²) in [4.78, 5) is 17.7. The van der Waals surface area contributed by atoms with E-state index < -0.39 is 5.60 Å². The maximum atomic E-state index is 13.1. The molecule has 0 aromatic rings. The van der Waals surface area contributed by atoms with Gasteiger partial charge in [-0.2, -0.15) is 0 Å². The smallest absolute Gasteiger partial charge is 0.225 e. The summed E-state index contributed by atoms with van der Waals surface area (Å²) < 4.78 is 5.48. The van der Waals surface area contributed by atoms with E-state index in [4.69, 9.17) is 4.74 Å². The number of rotatable bonds is 4. The van der Waals surface area contributed by atoms with E-state index in [2.05, 4.69) is 23.6 Å². The predicted octanol–water partition coefficient (Wildman–Crippen LogP) is 2.52. The molecule has 3 aliphatic rings. The Morgan fingerprint density at radius 1 is 1.15 bits per heavy atom. The van der Waals surface area contributed by atoms with Gasteiger partial charge in [0.15, 0.2) is 0 Å². The van der Waals surface area contributed by atoms with Gasteiger partial charge >= 0.3 is 0 Å². The van der Waals surface area contributed by atoms with Crippen LogP contribution in [0.1, 0.15) is 59.3 Å². The Bertz CT molecular complexity index is 466. The maximum absolute atomic E-state index is 13.1. The molecule has 1 amide bonds. The van der Waals surface area contributed by atoms with Crippen LogP contribution in [0.15, 0.2) is 0 Å². The number of piperidine rings is 2. The molecule has 0 aromatic heterocycles. The van der Waals surface area contributed by atoms with Crippen molar-refractivity contribution in [1.82, 2.24) is 9.80 Å². The quantitative estimate of drug-likeness (QED) is 0.831. The number of carbonyl (C=O) groups is 1. The van der Waals surface area contributed by atoms with E-state index in [1.807, 2.05) is 6.92 Å². The van der Waals surface area contributed by atoms with Gasteiger partial charge in [-0.1, -0.05) is 13.8 Å². The number of ether oxygens (including phenoxy) is 1. The van der Waals surface area contributed by atoms with Gasteiger partial charge in [0.1, 0.15) is 0 Å². The average Bonchev–Trinajstić information content (AvgIpc) is 2.63. The zero-order chi connectivity index (χ0) is 18.7. The molecule has 0 unspecified atom stereocenters. The molecule has 0 saturated carbocycles. The maximum Gasteiger partial charge on any atom is 0.225 e. The molecule has 0 radical (unpaired) electrons. The predicted molar refractivity (Wildman–Crippen MR) is 103 cm³/mol. The highest BCUT2D eigenvalue weighted by atomic mass is 16.5. The topological polar surface area (TPSA) is 53.0 Å². The van der Waals surface area contributed by atoms with Gasteiger partial charge < -0.3 is 19.6 Å². The van der Waals surface area contributed by atoms with Gasteiger partial charge in [-0.05, 0) is 64.5 Å². The molecule has 5 nitrogen and oxygen atoms in total. The summed E-state index contributed by atoms with van der Waals surface area (Å²) in [6.45, 7) is 11.6. The summed E-state index contributed by atoms with van der Waals surface area (Å²) in [5.41, 5.74) is -0.631. The van der Waals surface area contributed by atoms with Crippen molar-refractivity contribution in [3.8, 4) is 0 Å². The van der Waals surface area contributed by atoms with Gasteiger partial charge in [0.25, 0.3) is 0 Å². The fraction of sp³-hybridized carbons (Fsp3) is 0.952. The molecule has 0 spiro atoms. The fourth-order valence-corrected chi connectivity index (χ4v) is 5.04. The summed E-state index contributed by atoms with van der Waals surface area (Å²) in [7, 11) is 0. The number of carbonyl (C=O) groups excluding carboxylic acids is 1. The minimum Gasteiger partial charge on any atom is -0.390 e. The second-order valence-electron chi connectivity index (χ2n) is 9.37. The molecule has 3 saturated heterocycles. The number of amides is 1. The number of aliphatic hydroxyl groups is 1. The lowest BCUT2D eigenvalue weighted by atomic mass is 9.77. The van der Waals surface area contributed by atoms with Gasteiger partial charge in [-0.25, -0.2) is 0 Å². The Morgan fingerprint density at radius 3 is 2.42 bits per heavy atom. The molecule has 0 bridgehead atoms. The van der Waals surface area contributed by atoms with Crippen molar-refractivity contribution in [2.24, 2.45) is 17.8 Å². The Morgan fingerprint density at radius 2 is 1.81 bits per heavy atom. The van der Waals surface area contributed by atoms with E-state index in [-0.39, 0.29) is 11.8 Å². The van der Waals surface area contributed by atoms with E-state index in [1.165, 1.54) is 0 Å². The van der Waals surface area contributed by atoms with Crippen molar-refractivity contribution >= 4 is 5.91 Å². The monoisotopic (exact) mass is 366 g/mol. The Labute approximate surface area is 159 Å². The van der Waals surface area contributed by atoms with Crippen LogP contribution in [-0.2, 0) is 9.53 Å². The average molecular weight is 367 g/mol. The third kappa shape index (κ3) is 4.79. The Balaban J connectivity index is 1.51. The molecule has 5 heteroatoms. The van der Waals surface area contributed by atoms with Crippen molar-refractivity contribution in [1.29, 1.82) is 0 Å². The molecule has 0 aliphatic carbocycles. The Hall–Kier alpha value is -0.650. The number of hydrogen-bond acceptors (Lipinski definition) is 4. The lowest BCUT2D eigenvalue weighted by molar-refractivity contribution is -0.145. The second-order valence-corrected chi connectivity index (χ2v) is 9.37. The molecule has 0 aromatic carbocycles. The van der Waals surface area contributed by atoms with Crippen LogP contribution in [0.4, 0.5) is 0 Å². The minimum atomic E-state index is -0.631. The van der Waals surface area contributed by atoms with E-state index in [0.717, 1.165) is 65.0 Å². The van der Waals surface area contributed by atoms with Crippen LogP contribution in [0.3, 0.4) is 0 Å². The van der Waals surface area contributed by atoms with Crippen molar-refractivity contribution in [3.63, 3.8) is 0 Å². The summed E-state index contributed by atoms with van der Waals surface area (Å²) in [5.74, 6) is 1.25. The molecule has 3 aliphatic heterocycles. The highest BCUT2D eigenvalue weighted by Crippen LogP contribution is 2.34. The molecule has 150 valence electrons. The van der Waals surface area contributed by atoms with Crippen LogP contribution < -0.4 is 0 Å². The van der Waals surface area contributed by atoms with Crippen molar-refractivity contribution in [2.45, 2.75) is 70.9 Å². The van der Waals surface area contributed by atoms with Crippen LogP contribution in [0.25, 0.3) is 0 Å². The number of likely N-dealkylation sites (tertiary alicyclic amines) is 2. The first-order valence-electron chi connectivity index (χ1n) is 10.7. The Kier molecular flexibility index (Phi) is 6.63. The molecule has 26 heavy (non-hydrogen) atoms. The normalized spacial score (nSPS) is 33.0.